The molecule has 0 saturated heterocycles. The number of benzene rings is 1. The lowest BCUT2D eigenvalue weighted by Gasteiger charge is -2.32. The van der Waals surface area contributed by atoms with E-state index in [0.717, 1.165) is 11.3 Å². The van der Waals surface area contributed by atoms with Gasteiger partial charge >= 0.3 is 0 Å². The van der Waals surface area contributed by atoms with Crippen LogP contribution in [0.1, 0.15) is 18.9 Å². The number of ketones is 1. The zero-order valence-corrected chi connectivity index (χ0v) is 9.85. The fourth-order valence-corrected chi connectivity index (χ4v) is 2.04. The third-order valence-corrected chi connectivity index (χ3v) is 3.03. The van der Waals surface area contributed by atoms with E-state index in [4.69, 9.17) is 5.73 Å². The predicted octanol–water partition coefficient (Wildman–Crippen LogP) is 0.882. The number of carbonyl (C=O) groups is 2. The van der Waals surface area contributed by atoms with Crippen LogP contribution >= 0.6 is 0 Å². The minimum Gasteiger partial charge on any atom is -0.320 e. The molecule has 0 spiro atoms. The second-order valence-electron chi connectivity index (χ2n) is 4.26. The van der Waals surface area contributed by atoms with Crippen LogP contribution in [0.4, 0.5) is 5.69 Å². The van der Waals surface area contributed by atoms with E-state index in [9.17, 15) is 9.59 Å². The van der Waals surface area contributed by atoms with Gasteiger partial charge in [0.05, 0.1) is 12.6 Å². The minimum absolute atomic E-state index is 0.0438. The van der Waals surface area contributed by atoms with Gasteiger partial charge in [-0.15, -0.1) is 0 Å². The Morgan fingerprint density at radius 3 is 2.88 bits per heavy atom. The van der Waals surface area contributed by atoms with Crippen molar-refractivity contribution in [3.05, 3.63) is 29.8 Å². The maximum absolute atomic E-state index is 12.0. The quantitative estimate of drug-likeness (QED) is 0.841. The lowest BCUT2D eigenvalue weighted by molar-refractivity contribution is -0.123. The van der Waals surface area contributed by atoms with Crippen molar-refractivity contribution in [2.24, 2.45) is 5.73 Å². The SMILES string of the molecule is CCC(=O)CN1C(=O)C(N)Cc2ccccc21. The van der Waals surface area contributed by atoms with Crippen LogP contribution in [0.5, 0.6) is 0 Å². The molecule has 90 valence electrons. The molecule has 1 atom stereocenters. The average Bonchev–Trinajstić information content (AvgIpc) is 2.34. The second-order valence-corrected chi connectivity index (χ2v) is 4.26. The van der Waals surface area contributed by atoms with Gasteiger partial charge < -0.3 is 10.6 Å². The van der Waals surface area contributed by atoms with Gasteiger partial charge in [0.15, 0.2) is 5.78 Å². The van der Waals surface area contributed by atoms with Crippen LogP contribution in [-0.4, -0.2) is 24.3 Å². The Morgan fingerprint density at radius 1 is 1.47 bits per heavy atom. The molecule has 2 rings (SSSR count). The minimum atomic E-state index is -0.533. The van der Waals surface area contributed by atoms with E-state index in [2.05, 4.69) is 0 Å². The van der Waals surface area contributed by atoms with Crippen molar-refractivity contribution in [3.8, 4) is 0 Å². The first-order chi connectivity index (χ1) is 8.13. The molecule has 1 amide bonds. The molecule has 1 aliphatic rings. The van der Waals surface area contributed by atoms with E-state index in [1.807, 2.05) is 24.3 Å². The second kappa shape index (κ2) is 4.67. The van der Waals surface area contributed by atoms with Gasteiger partial charge in [-0.2, -0.15) is 0 Å². The first-order valence-electron chi connectivity index (χ1n) is 5.80. The molecule has 17 heavy (non-hydrogen) atoms. The van der Waals surface area contributed by atoms with Gasteiger partial charge in [0.1, 0.15) is 0 Å². The number of para-hydroxylation sites is 1. The van der Waals surface area contributed by atoms with Gasteiger partial charge in [-0.25, -0.2) is 0 Å². The molecule has 0 aliphatic carbocycles. The normalized spacial score (nSPS) is 19.1. The number of anilines is 1. The van der Waals surface area contributed by atoms with Crippen molar-refractivity contribution in [1.82, 2.24) is 0 Å². The van der Waals surface area contributed by atoms with Gasteiger partial charge in [-0.1, -0.05) is 25.1 Å². The highest BCUT2D eigenvalue weighted by atomic mass is 16.2. The van der Waals surface area contributed by atoms with E-state index in [0.29, 0.717) is 12.8 Å². The third-order valence-electron chi connectivity index (χ3n) is 3.03. The van der Waals surface area contributed by atoms with Gasteiger partial charge in [-0.05, 0) is 18.1 Å². The average molecular weight is 232 g/mol. The van der Waals surface area contributed by atoms with E-state index < -0.39 is 6.04 Å². The van der Waals surface area contributed by atoms with Crippen LogP contribution in [0.2, 0.25) is 0 Å². The lowest BCUT2D eigenvalue weighted by Crippen LogP contribution is -2.50. The van der Waals surface area contributed by atoms with Crippen LogP contribution in [0.3, 0.4) is 0 Å². The Bertz CT molecular complexity index is 456. The molecule has 1 heterocycles. The number of amides is 1. The van der Waals surface area contributed by atoms with Gasteiger partial charge in [0, 0.05) is 12.1 Å². The molecule has 0 saturated carbocycles. The summed E-state index contributed by atoms with van der Waals surface area (Å²) >= 11 is 0. The summed E-state index contributed by atoms with van der Waals surface area (Å²) in [6.07, 6.45) is 0.979. The van der Waals surface area contributed by atoms with Crippen LogP contribution in [-0.2, 0) is 16.0 Å². The molecule has 2 N–H and O–H groups in total. The number of hydrogen-bond acceptors (Lipinski definition) is 3. The fourth-order valence-electron chi connectivity index (χ4n) is 2.04. The van der Waals surface area contributed by atoms with E-state index in [-0.39, 0.29) is 18.2 Å². The van der Waals surface area contributed by atoms with Crippen molar-refractivity contribution < 1.29 is 9.59 Å². The number of fused-ring (bicyclic) bond motifs is 1. The molecule has 4 nitrogen and oxygen atoms in total. The zero-order valence-electron chi connectivity index (χ0n) is 9.85. The van der Waals surface area contributed by atoms with Crippen molar-refractivity contribution in [1.29, 1.82) is 0 Å². The molecule has 0 radical (unpaired) electrons. The van der Waals surface area contributed by atoms with Crippen molar-refractivity contribution in [3.63, 3.8) is 0 Å². The number of nitrogens with two attached hydrogens (primary N) is 1. The topological polar surface area (TPSA) is 63.4 Å². The van der Waals surface area contributed by atoms with E-state index >= 15 is 0 Å². The molecule has 0 bridgehead atoms. The van der Waals surface area contributed by atoms with Crippen molar-refractivity contribution in [2.75, 3.05) is 11.4 Å². The standard InChI is InChI=1S/C13H16N2O2/c1-2-10(16)8-15-12-6-4-3-5-9(12)7-11(14)13(15)17/h3-6,11H,2,7-8,14H2,1H3. The summed E-state index contributed by atoms with van der Waals surface area (Å²) in [4.78, 5) is 25.0. The number of hydrogen-bond donors (Lipinski definition) is 1. The van der Waals surface area contributed by atoms with Crippen LogP contribution in [0.15, 0.2) is 24.3 Å². The maximum atomic E-state index is 12.0. The van der Waals surface area contributed by atoms with E-state index in [1.165, 1.54) is 4.90 Å². The molecule has 1 aromatic carbocycles. The summed E-state index contributed by atoms with van der Waals surface area (Å²) in [6.45, 7) is 1.92. The maximum Gasteiger partial charge on any atom is 0.244 e. The molecule has 4 heteroatoms. The summed E-state index contributed by atoms with van der Waals surface area (Å²) in [6, 6.07) is 7.07. The first-order valence-corrected chi connectivity index (χ1v) is 5.80. The number of carbonyl (C=O) groups excluding carboxylic acids is 2. The number of nitrogens with zero attached hydrogens (tertiary/aromatic N) is 1. The highest BCUT2D eigenvalue weighted by molar-refractivity contribution is 6.04. The molecule has 0 aromatic heterocycles. The predicted molar refractivity (Wildman–Crippen MR) is 65.8 cm³/mol. The van der Waals surface area contributed by atoms with Gasteiger partial charge in [0.25, 0.3) is 0 Å². The smallest absolute Gasteiger partial charge is 0.244 e. The largest absolute Gasteiger partial charge is 0.320 e. The summed E-state index contributed by atoms with van der Waals surface area (Å²) in [5.74, 6) is -0.118. The number of rotatable bonds is 3. The molecule has 1 aromatic rings. The monoisotopic (exact) mass is 232 g/mol. The lowest BCUT2D eigenvalue weighted by atomic mass is 9.97. The molecular weight excluding hydrogens is 216 g/mol. The van der Waals surface area contributed by atoms with Gasteiger partial charge in [0.2, 0.25) is 5.91 Å². The zero-order chi connectivity index (χ0) is 12.4. The summed E-state index contributed by atoms with van der Waals surface area (Å²) in [5, 5.41) is 0. The Morgan fingerprint density at radius 2 is 2.18 bits per heavy atom. The van der Waals surface area contributed by atoms with Crippen LogP contribution in [0.25, 0.3) is 0 Å². The Kier molecular flexibility index (Phi) is 3.24. The Labute approximate surface area is 100 Å². The summed E-state index contributed by atoms with van der Waals surface area (Å²) in [5.41, 5.74) is 7.65. The highest BCUT2D eigenvalue weighted by Crippen LogP contribution is 2.26. The summed E-state index contributed by atoms with van der Waals surface area (Å²) < 4.78 is 0. The van der Waals surface area contributed by atoms with E-state index in [1.54, 1.807) is 6.92 Å². The first kappa shape index (κ1) is 11.8. The Balaban J connectivity index is 2.35. The molecule has 0 fully saturated rings. The molecule has 1 aliphatic heterocycles. The summed E-state index contributed by atoms with van der Waals surface area (Å²) in [7, 11) is 0. The third kappa shape index (κ3) is 2.22. The van der Waals surface area contributed by atoms with Crippen molar-refractivity contribution in [2.45, 2.75) is 25.8 Å². The van der Waals surface area contributed by atoms with Crippen LogP contribution < -0.4 is 10.6 Å². The molecule has 1 unspecified atom stereocenters. The van der Waals surface area contributed by atoms with Crippen LogP contribution in [0, 0.1) is 0 Å². The highest BCUT2D eigenvalue weighted by Gasteiger charge is 2.30. The van der Waals surface area contributed by atoms with Crippen molar-refractivity contribution >= 4 is 17.4 Å². The van der Waals surface area contributed by atoms with Gasteiger partial charge in [-0.3, -0.25) is 9.59 Å². The Hall–Kier alpha value is -1.68. The fraction of sp³-hybridized carbons (Fsp3) is 0.385. The number of Topliss-reactive ketones (excluding diaryl/α,β-unsaturated/α-hetero) is 1. The molecular formula is C13H16N2O2.